The number of non-ortho nitro benzene ring substituents is 1. The Morgan fingerprint density at radius 1 is 1.33 bits per heavy atom. The summed E-state index contributed by atoms with van der Waals surface area (Å²) >= 11 is 12.0. The highest BCUT2D eigenvalue weighted by Gasteiger charge is 2.16. The Labute approximate surface area is 140 Å². The molecule has 1 N–H and O–H groups in total. The summed E-state index contributed by atoms with van der Waals surface area (Å²) in [5.41, 5.74) is -0.223. The van der Waals surface area contributed by atoms with Gasteiger partial charge in [0.1, 0.15) is 9.21 Å². The minimum Gasteiger partial charge on any atom is -0.304 e. The Balaban J connectivity index is 2.30. The second-order valence-electron chi connectivity index (χ2n) is 3.74. The molecule has 108 valence electrons. The van der Waals surface area contributed by atoms with Gasteiger partial charge >= 0.3 is 0 Å². The smallest absolute Gasteiger partial charge is 0.271 e. The number of nitro benzene ring substituents is 1. The molecule has 10 heteroatoms. The average molecular weight is 436 g/mol. The van der Waals surface area contributed by atoms with E-state index in [4.69, 9.17) is 11.6 Å². The van der Waals surface area contributed by atoms with E-state index in [-0.39, 0.29) is 22.1 Å². The molecule has 0 aliphatic carbocycles. The van der Waals surface area contributed by atoms with Gasteiger partial charge in [0.25, 0.3) is 11.6 Å². The molecule has 1 aromatic carbocycles. The summed E-state index contributed by atoms with van der Waals surface area (Å²) in [6.45, 7) is 0. The van der Waals surface area contributed by atoms with Gasteiger partial charge in [-0.15, -0.1) is 0 Å². The summed E-state index contributed by atoms with van der Waals surface area (Å²) in [7, 11) is 0. The number of nitrogens with zero attached hydrogens (tertiary/aromatic N) is 3. The molecule has 1 amide bonds. The normalized spacial score (nSPS) is 10.2. The SMILES string of the molecule is O=C(Nc1ncc(Br)nc1Br)c1cc(Cl)cc([N+](=O)[O-])c1. The van der Waals surface area contributed by atoms with Crippen molar-refractivity contribution in [3.63, 3.8) is 0 Å². The van der Waals surface area contributed by atoms with Gasteiger partial charge in [-0.3, -0.25) is 14.9 Å². The van der Waals surface area contributed by atoms with Crippen molar-refractivity contribution >= 4 is 60.9 Å². The van der Waals surface area contributed by atoms with Crippen LogP contribution in [0.25, 0.3) is 0 Å². The predicted octanol–water partition coefficient (Wildman–Crippen LogP) is 3.82. The second-order valence-corrected chi connectivity index (χ2v) is 5.74. The van der Waals surface area contributed by atoms with Crippen molar-refractivity contribution in [3.8, 4) is 0 Å². The fourth-order valence-corrected chi connectivity index (χ4v) is 2.56. The molecule has 0 saturated carbocycles. The Morgan fingerprint density at radius 2 is 2.05 bits per heavy atom. The molecule has 1 aromatic heterocycles. The van der Waals surface area contributed by atoms with E-state index >= 15 is 0 Å². The van der Waals surface area contributed by atoms with E-state index in [2.05, 4.69) is 47.1 Å². The Morgan fingerprint density at radius 3 is 2.67 bits per heavy atom. The number of nitrogens with one attached hydrogen (secondary N) is 1. The van der Waals surface area contributed by atoms with Crippen molar-refractivity contribution in [1.29, 1.82) is 0 Å². The minimum atomic E-state index is -0.627. The van der Waals surface area contributed by atoms with Gasteiger partial charge < -0.3 is 5.32 Å². The third-order valence-electron chi connectivity index (χ3n) is 2.29. The summed E-state index contributed by atoms with van der Waals surface area (Å²) in [6, 6.07) is 3.61. The van der Waals surface area contributed by atoms with Crippen molar-refractivity contribution in [2.45, 2.75) is 0 Å². The van der Waals surface area contributed by atoms with Crippen molar-refractivity contribution in [3.05, 3.63) is 54.3 Å². The predicted molar refractivity (Wildman–Crippen MR) is 83.5 cm³/mol. The molecule has 2 aromatic rings. The standard InChI is InChI=1S/C11H5Br2ClN4O3/c12-8-4-15-10(9(13)16-8)17-11(19)5-1-6(14)3-7(2-5)18(20)21/h1-4H,(H,15,17,19). The molecular weight excluding hydrogens is 431 g/mol. The van der Waals surface area contributed by atoms with Crippen LogP contribution >= 0.6 is 43.5 Å². The van der Waals surface area contributed by atoms with Crippen LogP contribution in [0.15, 0.2) is 33.6 Å². The van der Waals surface area contributed by atoms with E-state index in [0.29, 0.717) is 9.21 Å². The Bertz CT molecular complexity index is 741. The number of aromatic nitrogens is 2. The number of amides is 1. The van der Waals surface area contributed by atoms with Crippen LogP contribution in [-0.4, -0.2) is 20.8 Å². The van der Waals surface area contributed by atoms with Crippen LogP contribution < -0.4 is 5.32 Å². The monoisotopic (exact) mass is 434 g/mol. The molecule has 0 aliphatic rings. The third kappa shape index (κ3) is 3.96. The van der Waals surface area contributed by atoms with Gasteiger partial charge in [0.05, 0.1) is 11.1 Å². The van der Waals surface area contributed by atoms with Gasteiger partial charge in [-0.2, -0.15) is 0 Å². The molecule has 0 unspecified atom stereocenters. The van der Waals surface area contributed by atoms with E-state index in [1.54, 1.807) is 0 Å². The van der Waals surface area contributed by atoms with Crippen molar-refractivity contribution in [2.24, 2.45) is 0 Å². The first-order valence-electron chi connectivity index (χ1n) is 5.31. The van der Waals surface area contributed by atoms with E-state index in [9.17, 15) is 14.9 Å². The van der Waals surface area contributed by atoms with E-state index in [1.165, 1.54) is 12.3 Å². The lowest BCUT2D eigenvalue weighted by Gasteiger charge is -2.06. The number of rotatable bonds is 3. The zero-order valence-corrected chi connectivity index (χ0v) is 13.9. The van der Waals surface area contributed by atoms with Gasteiger partial charge in [-0.05, 0) is 37.9 Å². The van der Waals surface area contributed by atoms with Crippen molar-refractivity contribution < 1.29 is 9.72 Å². The zero-order chi connectivity index (χ0) is 15.6. The largest absolute Gasteiger partial charge is 0.304 e. The number of hydrogen-bond acceptors (Lipinski definition) is 5. The topological polar surface area (TPSA) is 98.0 Å². The van der Waals surface area contributed by atoms with Crippen LogP contribution in [0.5, 0.6) is 0 Å². The Kier molecular flexibility index (Phi) is 4.86. The minimum absolute atomic E-state index is 0.0471. The highest BCUT2D eigenvalue weighted by molar-refractivity contribution is 9.11. The molecule has 0 radical (unpaired) electrons. The van der Waals surface area contributed by atoms with E-state index in [1.807, 2.05) is 0 Å². The highest BCUT2D eigenvalue weighted by atomic mass is 79.9. The number of carbonyl (C=O) groups is 1. The van der Waals surface area contributed by atoms with Gasteiger partial charge in [0, 0.05) is 22.7 Å². The quantitative estimate of drug-likeness (QED) is 0.583. The van der Waals surface area contributed by atoms with Crippen LogP contribution in [-0.2, 0) is 0 Å². The number of hydrogen-bond donors (Lipinski definition) is 1. The van der Waals surface area contributed by atoms with Crippen molar-refractivity contribution in [2.75, 3.05) is 5.32 Å². The number of benzene rings is 1. The molecule has 1 heterocycles. The van der Waals surface area contributed by atoms with Gasteiger partial charge in [0.2, 0.25) is 0 Å². The summed E-state index contributed by atoms with van der Waals surface area (Å²) in [4.78, 5) is 30.2. The maximum absolute atomic E-state index is 12.1. The van der Waals surface area contributed by atoms with E-state index < -0.39 is 10.8 Å². The van der Waals surface area contributed by atoms with Crippen LogP contribution in [0.4, 0.5) is 11.5 Å². The van der Waals surface area contributed by atoms with Gasteiger partial charge in [-0.25, -0.2) is 9.97 Å². The Hall–Kier alpha value is -1.58. The molecule has 0 atom stereocenters. The summed E-state index contributed by atoms with van der Waals surface area (Å²) in [5, 5.41) is 13.3. The molecule has 0 saturated heterocycles. The molecule has 0 aliphatic heterocycles. The number of anilines is 1. The lowest BCUT2D eigenvalue weighted by Crippen LogP contribution is -2.14. The molecule has 0 bridgehead atoms. The number of halogens is 3. The van der Waals surface area contributed by atoms with Crippen LogP contribution in [0, 0.1) is 10.1 Å². The van der Waals surface area contributed by atoms with Crippen molar-refractivity contribution in [1.82, 2.24) is 9.97 Å². The highest BCUT2D eigenvalue weighted by Crippen LogP contribution is 2.23. The first-order valence-corrected chi connectivity index (χ1v) is 7.27. The second kappa shape index (κ2) is 6.46. The molecule has 2 rings (SSSR count). The summed E-state index contributed by atoms with van der Waals surface area (Å²) < 4.78 is 0.813. The molecule has 21 heavy (non-hydrogen) atoms. The van der Waals surface area contributed by atoms with Crippen LogP contribution in [0.1, 0.15) is 10.4 Å². The molecule has 7 nitrogen and oxygen atoms in total. The first kappa shape index (κ1) is 15.8. The van der Waals surface area contributed by atoms with Crippen LogP contribution in [0.2, 0.25) is 5.02 Å². The maximum Gasteiger partial charge on any atom is 0.271 e. The maximum atomic E-state index is 12.1. The van der Waals surface area contributed by atoms with E-state index in [0.717, 1.165) is 12.1 Å². The van der Waals surface area contributed by atoms with Gasteiger partial charge in [0.15, 0.2) is 5.82 Å². The summed E-state index contributed by atoms with van der Waals surface area (Å²) in [5.74, 6) is -0.399. The van der Waals surface area contributed by atoms with Gasteiger partial charge in [-0.1, -0.05) is 11.6 Å². The molecule has 0 fully saturated rings. The zero-order valence-electron chi connectivity index (χ0n) is 10.0. The fourth-order valence-electron chi connectivity index (χ4n) is 1.42. The number of carbonyl (C=O) groups excluding carboxylic acids is 1. The molecular formula is C11H5Br2ClN4O3. The average Bonchev–Trinajstić information content (AvgIpc) is 2.41. The lowest BCUT2D eigenvalue weighted by atomic mass is 10.2. The first-order chi connectivity index (χ1) is 9.86. The lowest BCUT2D eigenvalue weighted by molar-refractivity contribution is -0.384. The number of nitro groups is 1. The van der Waals surface area contributed by atoms with Crippen LogP contribution in [0.3, 0.4) is 0 Å². The summed E-state index contributed by atoms with van der Waals surface area (Å²) in [6.07, 6.45) is 1.40. The molecule has 0 spiro atoms. The third-order valence-corrected chi connectivity index (χ3v) is 3.44. The fraction of sp³-hybridized carbons (Fsp3) is 0.